The van der Waals surface area contributed by atoms with E-state index in [2.05, 4.69) is 11.7 Å². The largest absolute Gasteiger partial charge is 0.490 e. The van der Waals surface area contributed by atoms with E-state index in [9.17, 15) is 4.79 Å². The van der Waals surface area contributed by atoms with Crippen LogP contribution in [0.15, 0.2) is 11.8 Å². The van der Waals surface area contributed by atoms with Crippen molar-refractivity contribution in [3.05, 3.63) is 11.8 Å². The molecule has 0 N–H and O–H groups in total. The molecular formula is C10H18O3. The van der Waals surface area contributed by atoms with Gasteiger partial charge in [-0.05, 0) is 18.9 Å². The number of carbonyl (C=O) groups excluding carboxylic acids is 1. The molecule has 0 heterocycles. The first kappa shape index (κ1) is 12.0. The second-order valence-corrected chi connectivity index (χ2v) is 2.76. The summed E-state index contributed by atoms with van der Waals surface area (Å²) < 4.78 is 9.40. The van der Waals surface area contributed by atoms with Crippen LogP contribution in [-0.4, -0.2) is 20.2 Å². The van der Waals surface area contributed by atoms with Gasteiger partial charge >= 0.3 is 5.97 Å². The van der Waals surface area contributed by atoms with E-state index in [4.69, 9.17) is 4.74 Å². The maximum Gasteiger partial charge on any atom is 0.372 e. The molecule has 0 saturated carbocycles. The quantitative estimate of drug-likeness (QED) is 0.276. The lowest BCUT2D eigenvalue weighted by Gasteiger charge is -2.02. The van der Waals surface area contributed by atoms with Crippen molar-refractivity contribution in [1.82, 2.24) is 0 Å². The van der Waals surface area contributed by atoms with Crippen LogP contribution in [0.1, 0.15) is 32.6 Å². The van der Waals surface area contributed by atoms with Gasteiger partial charge in [0, 0.05) is 0 Å². The van der Waals surface area contributed by atoms with Gasteiger partial charge < -0.3 is 9.47 Å². The van der Waals surface area contributed by atoms with Gasteiger partial charge in [-0.15, -0.1) is 0 Å². The van der Waals surface area contributed by atoms with Crippen molar-refractivity contribution in [3.8, 4) is 0 Å². The highest BCUT2D eigenvalue weighted by Crippen LogP contribution is 2.05. The van der Waals surface area contributed by atoms with E-state index in [1.807, 2.05) is 0 Å². The number of rotatable bonds is 6. The molecule has 13 heavy (non-hydrogen) atoms. The van der Waals surface area contributed by atoms with Crippen molar-refractivity contribution in [2.75, 3.05) is 14.2 Å². The molecule has 0 rings (SSSR count). The van der Waals surface area contributed by atoms with Gasteiger partial charge in [0.2, 0.25) is 0 Å². The zero-order chi connectivity index (χ0) is 10.1. The van der Waals surface area contributed by atoms with E-state index in [1.54, 1.807) is 6.08 Å². The number of allylic oxidation sites excluding steroid dienone is 1. The van der Waals surface area contributed by atoms with Gasteiger partial charge in [0.25, 0.3) is 0 Å². The van der Waals surface area contributed by atoms with Gasteiger partial charge in [-0.1, -0.05) is 19.8 Å². The lowest BCUT2D eigenvalue weighted by molar-refractivity contribution is -0.139. The van der Waals surface area contributed by atoms with E-state index in [0.29, 0.717) is 5.76 Å². The maximum atomic E-state index is 11.0. The second kappa shape index (κ2) is 7.65. The van der Waals surface area contributed by atoms with Crippen molar-refractivity contribution in [1.29, 1.82) is 0 Å². The number of hydrogen-bond donors (Lipinski definition) is 0. The molecule has 0 amide bonds. The van der Waals surface area contributed by atoms with E-state index >= 15 is 0 Å². The summed E-state index contributed by atoms with van der Waals surface area (Å²) in [5.41, 5.74) is 0. The highest BCUT2D eigenvalue weighted by molar-refractivity contribution is 5.85. The molecule has 0 aromatic carbocycles. The topological polar surface area (TPSA) is 35.5 Å². The maximum absolute atomic E-state index is 11.0. The summed E-state index contributed by atoms with van der Waals surface area (Å²) in [7, 11) is 2.82. The Hall–Kier alpha value is -0.990. The van der Waals surface area contributed by atoms with Crippen LogP contribution in [0.2, 0.25) is 0 Å². The summed E-state index contributed by atoms with van der Waals surface area (Å²) in [6.45, 7) is 2.14. The van der Waals surface area contributed by atoms with Crippen molar-refractivity contribution < 1.29 is 14.3 Å². The lowest BCUT2D eigenvalue weighted by Crippen LogP contribution is -2.06. The standard InChI is InChI=1S/C10H18O3/c1-4-5-6-7-8-9(12-2)10(11)13-3/h8H,4-7H2,1-3H3/b9-8-. The number of unbranched alkanes of at least 4 members (excludes halogenated alkanes) is 3. The van der Waals surface area contributed by atoms with Crippen LogP contribution in [0.25, 0.3) is 0 Å². The Bertz CT molecular complexity index is 173. The first-order valence-electron chi connectivity index (χ1n) is 4.58. The molecule has 0 unspecified atom stereocenters. The fourth-order valence-corrected chi connectivity index (χ4v) is 0.978. The molecule has 0 aromatic heterocycles. The van der Waals surface area contributed by atoms with Crippen LogP contribution >= 0.6 is 0 Å². The molecule has 0 atom stereocenters. The highest BCUT2D eigenvalue weighted by atomic mass is 16.6. The molecule has 0 spiro atoms. The van der Waals surface area contributed by atoms with Gasteiger partial charge in [-0.3, -0.25) is 0 Å². The number of hydrogen-bond acceptors (Lipinski definition) is 3. The first-order chi connectivity index (χ1) is 6.26. The van der Waals surface area contributed by atoms with E-state index < -0.39 is 5.97 Å². The number of carbonyl (C=O) groups is 1. The third-order valence-corrected chi connectivity index (χ3v) is 1.74. The molecular weight excluding hydrogens is 168 g/mol. The number of esters is 1. The molecule has 0 aliphatic heterocycles. The van der Waals surface area contributed by atoms with E-state index in [0.717, 1.165) is 12.8 Å². The summed E-state index contributed by atoms with van der Waals surface area (Å²) >= 11 is 0. The number of ether oxygens (including phenoxy) is 2. The smallest absolute Gasteiger partial charge is 0.372 e. The van der Waals surface area contributed by atoms with Gasteiger partial charge in [-0.2, -0.15) is 0 Å². The lowest BCUT2D eigenvalue weighted by atomic mass is 10.2. The summed E-state index contributed by atoms with van der Waals surface area (Å²) in [6.07, 6.45) is 6.08. The predicted octanol–water partition coefficient (Wildman–Crippen LogP) is 2.27. The Kier molecular flexibility index (Phi) is 7.07. The Morgan fingerprint density at radius 3 is 2.38 bits per heavy atom. The molecule has 0 saturated heterocycles. The third kappa shape index (κ3) is 5.28. The normalized spacial score (nSPS) is 11.2. The summed E-state index contributed by atoms with van der Waals surface area (Å²) in [6, 6.07) is 0. The Balaban J connectivity index is 3.85. The van der Waals surface area contributed by atoms with Crippen LogP contribution in [0.4, 0.5) is 0 Å². The minimum atomic E-state index is -0.404. The van der Waals surface area contributed by atoms with E-state index in [-0.39, 0.29) is 0 Å². The van der Waals surface area contributed by atoms with Gasteiger partial charge in [0.15, 0.2) is 5.76 Å². The average molecular weight is 186 g/mol. The minimum absolute atomic E-state index is 0.304. The second-order valence-electron chi connectivity index (χ2n) is 2.76. The average Bonchev–Trinajstić information content (AvgIpc) is 2.17. The monoisotopic (exact) mass is 186 g/mol. The van der Waals surface area contributed by atoms with Crippen LogP contribution in [0.5, 0.6) is 0 Å². The molecule has 0 radical (unpaired) electrons. The Morgan fingerprint density at radius 1 is 1.23 bits per heavy atom. The molecule has 0 aliphatic rings. The SMILES string of the molecule is CCCCC/C=C(\OC)C(=O)OC. The zero-order valence-corrected chi connectivity index (χ0v) is 8.63. The molecule has 3 nitrogen and oxygen atoms in total. The molecule has 0 fully saturated rings. The molecule has 76 valence electrons. The third-order valence-electron chi connectivity index (χ3n) is 1.74. The number of methoxy groups -OCH3 is 2. The Labute approximate surface area is 79.7 Å². The fraction of sp³-hybridized carbons (Fsp3) is 0.700. The fourth-order valence-electron chi connectivity index (χ4n) is 0.978. The minimum Gasteiger partial charge on any atom is -0.490 e. The van der Waals surface area contributed by atoms with Gasteiger partial charge in [0.05, 0.1) is 14.2 Å². The Morgan fingerprint density at radius 2 is 1.92 bits per heavy atom. The van der Waals surface area contributed by atoms with Crippen LogP contribution in [0.3, 0.4) is 0 Å². The van der Waals surface area contributed by atoms with Crippen LogP contribution in [-0.2, 0) is 14.3 Å². The van der Waals surface area contributed by atoms with Gasteiger partial charge in [0.1, 0.15) is 0 Å². The van der Waals surface area contributed by atoms with Gasteiger partial charge in [-0.25, -0.2) is 4.79 Å². The van der Waals surface area contributed by atoms with Crippen molar-refractivity contribution >= 4 is 5.97 Å². The van der Waals surface area contributed by atoms with Crippen molar-refractivity contribution in [2.45, 2.75) is 32.6 Å². The molecule has 3 heteroatoms. The molecule has 0 aliphatic carbocycles. The zero-order valence-electron chi connectivity index (χ0n) is 8.63. The first-order valence-corrected chi connectivity index (χ1v) is 4.58. The van der Waals surface area contributed by atoms with Crippen molar-refractivity contribution in [2.24, 2.45) is 0 Å². The van der Waals surface area contributed by atoms with Crippen LogP contribution in [0, 0.1) is 0 Å². The molecule has 0 bridgehead atoms. The van der Waals surface area contributed by atoms with Crippen LogP contribution < -0.4 is 0 Å². The molecule has 0 aromatic rings. The highest BCUT2D eigenvalue weighted by Gasteiger charge is 2.07. The summed E-state index contributed by atoms with van der Waals surface area (Å²) in [5, 5.41) is 0. The van der Waals surface area contributed by atoms with E-state index in [1.165, 1.54) is 27.1 Å². The summed E-state index contributed by atoms with van der Waals surface area (Å²) in [5.74, 6) is -0.0994. The predicted molar refractivity (Wildman–Crippen MR) is 51.3 cm³/mol. The van der Waals surface area contributed by atoms with Crippen molar-refractivity contribution in [3.63, 3.8) is 0 Å². The summed E-state index contributed by atoms with van der Waals surface area (Å²) in [4.78, 5) is 11.0.